The molecule has 0 aromatic carbocycles. The van der Waals surface area contributed by atoms with Gasteiger partial charge in [-0.05, 0) is 44.1 Å². The van der Waals surface area contributed by atoms with Crippen LogP contribution in [0.2, 0.25) is 0 Å². The first-order chi connectivity index (χ1) is 6.83. The third kappa shape index (κ3) is 3.45. The van der Waals surface area contributed by atoms with Crippen LogP contribution in [0.4, 0.5) is 0 Å². The summed E-state index contributed by atoms with van der Waals surface area (Å²) in [6.07, 6.45) is 11.5. The summed E-state index contributed by atoms with van der Waals surface area (Å²) in [7, 11) is 0. The second-order valence-electron chi connectivity index (χ2n) is 4.67. The summed E-state index contributed by atoms with van der Waals surface area (Å²) in [6, 6.07) is 0. The minimum Gasteiger partial charge on any atom is -0.316 e. The lowest BCUT2D eigenvalue weighted by atomic mass is 9.83. The van der Waals surface area contributed by atoms with Crippen LogP contribution < -0.4 is 5.32 Å². The highest BCUT2D eigenvalue weighted by Crippen LogP contribution is 2.40. The maximum atomic E-state index is 3.74. The van der Waals surface area contributed by atoms with Gasteiger partial charge in [0.2, 0.25) is 0 Å². The largest absolute Gasteiger partial charge is 0.316 e. The Labute approximate surface area is 89.0 Å². The first kappa shape index (κ1) is 11.8. The van der Waals surface area contributed by atoms with Gasteiger partial charge in [-0.3, -0.25) is 0 Å². The maximum Gasteiger partial charge on any atom is 0.000770 e. The standard InChI is InChI=1S/C13H25N/c1-3-5-8-11-14-12-13(4-2)9-6-7-10-13/h3,14H,1,4-12H2,2H3. The Morgan fingerprint density at radius 1 is 1.36 bits per heavy atom. The summed E-state index contributed by atoms with van der Waals surface area (Å²) < 4.78 is 0. The second-order valence-corrected chi connectivity index (χ2v) is 4.67. The topological polar surface area (TPSA) is 12.0 Å². The number of rotatable bonds is 7. The number of allylic oxidation sites excluding steroid dienone is 1. The van der Waals surface area contributed by atoms with Crippen LogP contribution in [-0.2, 0) is 0 Å². The molecule has 0 atom stereocenters. The Morgan fingerprint density at radius 3 is 2.64 bits per heavy atom. The van der Waals surface area contributed by atoms with E-state index >= 15 is 0 Å². The van der Waals surface area contributed by atoms with Crippen molar-refractivity contribution in [3.63, 3.8) is 0 Å². The highest BCUT2D eigenvalue weighted by Gasteiger charge is 2.30. The summed E-state index contributed by atoms with van der Waals surface area (Å²) >= 11 is 0. The predicted octanol–water partition coefficient (Wildman–Crippen LogP) is 3.51. The van der Waals surface area contributed by atoms with Crippen LogP contribution in [0.3, 0.4) is 0 Å². The third-order valence-corrected chi connectivity index (χ3v) is 3.68. The van der Waals surface area contributed by atoms with Gasteiger partial charge < -0.3 is 5.32 Å². The van der Waals surface area contributed by atoms with Gasteiger partial charge in [-0.25, -0.2) is 0 Å². The molecule has 0 aromatic rings. The highest BCUT2D eigenvalue weighted by molar-refractivity contribution is 4.85. The van der Waals surface area contributed by atoms with E-state index in [2.05, 4.69) is 18.8 Å². The fourth-order valence-corrected chi connectivity index (χ4v) is 2.51. The van der Waals surface area contributed by atoms with Crippen LogP contribution in [0.25, 0.3) is 0 Å². The number of hydrogen-bond acceptors (Lipinski definition) is 1. The van der Waals surface area contributed by atoms with Crippen molar-refractivity contribution in [1.82, 2.24) is 5.32 Å². The number of nitrogens with one attached hydrogen (secondary N) is 1. The van der Waals surface area contributed by atoms with Crippen LogP contribution >= 0.6 is 0 Å². The lowest BCUT2D eigenvalue weighted by molar-refractivity contribution is 0.269. The number of unbranched alkanes of at least 4 members (excludes halogenated alkanes) is 1. The quantitative estimate of drug-likeness (QED) is 0.484. The zero-order chi connectivity index (χ0) is 10.3. The Hall–Kier alpha value is -0.300. The molecule has 82 valence electrons. The second kappa shape index (κ2) is 6.23. The molecule has 1 saturated carbocycles. The van der Waals surface area contributed by atoms with Crippen molar-refractivity contribution in [1.29, 1.82) is 0 Å². The van der Waals surface area contributed by atoms with Gasteiger partial charge >= 0.3 is 0 Å². The van der Waals surface area contributed by atoms with Gasteiger partial charge in [0.1, 0.15) is 0 Å². The summed E-state index contributed by atoms with van der Waals surface area (Å²) in [4.78, 5) is 0. The van der Waals surface area contributed by atoms with E-state index in [1.54, 1.807) is 0 Å². The Bertz CT molecular complexity index is 157. The van der Waals surface area contributed by atoms with Crippen molar-refractivity contribution < 1.29 is 0 Å². The molecule has 0 radical (unpaired) electrons. The molecule has 0 saturated heterocycles. The zero-order valence-corrected chi connectivity index (χ0v) is 9.65. The van der Waals surface area contributed by atoms with Crippen LogP contribution in [0.15, 0.2) is 12.7 Å². The first-order valence-electron chi connectivity index (χ1n) is 6.14. The molecule has 1 aliphatic rings. The molecule has 0 aromatic heterocycles. The van der Waals surface area contributed by atoms with Gasteiger partial charge in [0.05, 0.1) is 0 Å². The van der Waals surface area contributed by atoms with E-state index in [0.29, 0.717) is 5.41 Å². The molecule has 0 spiro atoms. The minimum absolute atomic E-state index is 0.647. The van der Waals surface area contributed by atoms with Gasteiger partial charge in [-0.1, -0.05) is 25.8 Å². The Kier molecular flexibility index (Phi) is 5.24. The van der Waals surface area contributed by atoms with E-state index in [1.807, 2.05) is 6.08 Å². The molecule has 14 heavy (non-hydrogen) atoms. The van der Waals surface area contributed by atoms with E-state index in [1.165, 1.54) is 45.1 Å². The van der Waals surface area contributed by atoms with Crippen molar-refractivity contribution in [3.8, 4) is 0 Å². The maximum absolute atomic E-state index is 3.74. The van der Waals surface area contributed by atoms with Crippen LogP contribution in [0.5, 0.6) is 0 Å². The van der Waals surface area contributed by atoms with Crippen molar-refractivity contribution >= 4 is 0 Å². The Morgan fingerprint density at radius 2 is 2.07 bits per heavy atom. The van der Waals surface area contributed by atoms with E-state index in [-0.39, 0.29) is 0 Å². The van der Waals surface area contributed by atoms with Gasteiger partial charge in [0, 0.05) is 6.54 Å². The molecule has 1 fully saturated rings. The minimum atomic E-state index is 0.647. The third-order valence-electron chi connectivity index (χ3n) is 3.68. The fourth-order valence-electron chi connectivity index (χ4n) is 2.51. The molecule has 0 amide bonds. The molecule has 0 bridgehead atoms. The monoisotopic (exact) mass is 195 g/mol. The van der Waals surface area contributed by atoms with E-state index in [9.17, 15) is 0 Å². The smallest absolute Gasteiger partial charge is 0.000770 e. The first-order valence-corrected chi connectivity index (χ1v) is 6.14. The van der Waals surface area contributed by atoms with E-state index < -0.39 is 0 Å². The van der Waals surface area contributed by atoms with Crippen molar-refractivity contribution in [2.75, 3.05) is 13.1 Å². The zero-order valence-electron chi connectivity index (χ0n) is 9.65. The average molecular weight is 195 g/mol. The lowest BCUT2D eigenvalue weighted by Gasteiger charge is -2.27. The molecule has 1 heteroatoms. The summed E-state index contributed by atoms with van der Waals surface area (Å²) in [5, 5.41) is 3.61. The SMILES string of the molecule is C=CCCCNCC1(CC)CCCC1. The normalized spacial score (nSPS) is 19.8. The molecule has 1 aliphatic carbocycles. The molecule has 1 rings (SSSR count). The van der Waals surface area contributed by atoms with Gasteiger partial charge in [0.25, 0.3) is 0 Å². The van der Waals surface area contributed by atoms with Gasteiger partial charge in [0.15, 0.2) is 0 Å². The van der Waals surface area contributed by atoms with Crippen molar-refractivity contribution in [3.05, 3.63) is 12.7 Å². The van der Waals surface area contributed by atoms with E-state index in [0.717, 1.165) is 13.0 Å². The van der Waals surface area contributed by atoms with Crippen LogP contribution in [0.1, 0.15) is 51.9 Å². The molecular formula is C13H25N. The highest BCUT2D eigenvalue weighted by atomic mass is 14.9. The summed E-state index contributed by atoms with van der Waals surface area (Å²) in [5.74, 6) is 0. The van der Waals surface area contributed by atoms with Gasteiger partial charge in [-0.2, -0.15) is 0 Å². The molecule has 0 unspecified atom stereocenters. The molecule has 1 N–H and O–H groups in total. The molecular weight excluding hydrogens is 170 g/mol. The van der Waals surface area contributed by atoms with E-state index in [4.69, 9.17) is 0 Å². The molecule has 0 aliphatic heterocycles. The molecule has 1 nitrogen and oxygen atoms in total. The van der Waals surface area contributed by atoms with Crippen LogP contribution in [-0.4, -0.2) is 13.1 Å². The lowest BCUT2D eigenvalue weighted by Crippen LogP contribution is -2.32. The Balaban J connectivity index is 2.11. The predicted molar refractivity (Wildman–Crippen MR) is 63.5 cm³/mol. The van der Waals surface area contributed by atoms with Crippen LogP contribution in [0, 0.1) is 5.41 Å². The summed E-state index contributed by atoms with van der Waals surface area (Å²) in [5.41, 5.74) is 0.647. The average Bonchev–Trinajstić information content (AvgIpc) is 2.67. The summed E-state index contributed by atoms with van der Waals surface area (Å²) in [6.45, 7) is 8.48. The number of hydrogen-bond donors (Lipinski definition) is 1. The van der Waals surface area contributed by atoms with Gasteiger partial charge in [-0.15, -0.1) is 6.58 Å². The fraction of sp³-hybridized carbons (Fsp3) is 0.846. The molecule has 0 heterocycles. The van der Waals surface area contributed by atoms with Crippen molar-refractivity contribution in [2.24, 2.45) is 5.41 Å². The van der Waals surface area contributed by atoms with Crippen molar-refractivity contribution in [2.45, 2.75) is 51.9 Å².